The number of hydrogen-bond acceptors (Lipinski definition) is 7. The predicted octanol–water partition coefficient (Wildman–Crippen LogP) is 5.98. The van der Waals surface area contributed by atoms with E-state index < -0.39 is 27.4 Å². The first-order valence-corrected chi connectivity index (χ1v) is 15.5. The van der Waals surface area contributed by atoms with Crippen LogP contribution >= 0.6 is 23.2 Å². The second-order valence-corrected chi connectivity index (χ2v) is 13.8. The Kier molecular flexibility index (Phi) is 8.39. The number of anilines is 1. The lowest BCUT2D eigenvalue weighted by Crippen LogP contribution is -2.52. The molecule has 0 radical (unpaired) electrons. The summed E-state index contributed by atoms with van der Waals surface area (Å²) < 4.78 is 42.2. The Morgan fingerprint density at radius 2 is 1.74 bits per heavy atom. The smallest absolute Gasteiger partial charge is 0.328 e. The fourth-order valence-corrected chi connectivity index (χ4v) is 7.49. The largest absolute Gasteiger partial charge is 0.480 e. The molecule has 10 nitrogen and oxygen atoms in total. The van der Waals surface area contributed by atoms with Gasteiger partial charge in [0.1, 0.15) is 12.1 Å². The van der Waals surface area contributed by atoms with Crippen molar-refractivity contribution in [1.29, 1.82) is 0 Å². The maximum atomic E-state index is 14.1. The van der Waals surface area contributed by atoms with E-state index in [-0.39, 0.29) is 26.7 Å². The number of halogens is 2. The van der Waals surface area contributed by atoms with Crippen LogP contribution in [0.15, 0.2) is 65.7 Å². The summed E-state index contributed by atoms with van der Waals surface area (Å²) in [5.74, 6) is -0.336. The lowest BCUT2D eigenvalue weighted by atomic mass is 9.86. The van der Waals surface area contributed by atoms with E-state index in [1.165, 1.54) is 18.2 Å². The Bertz CT molecular complexity index is 1690. The molecule has 42 heavy (non-hydrogen) atoms. The van der Waals surface area contributed by atoms with Crippen LogP contribution in [-0.2, 0) is 19.6 Å². The summed E-state index contributed by atoms with van der Waals surface area (Å²) in [6.45, 7) is 6.32. The van der Waals surface area contributed by atoms with Crippen LogP contribution in [0.25, 0.3) is 16.7 Å². The van der Waals surface area contributed by atoms with Gasteiger partial charge in [-0.25, -0.2) is 13.2 Å². The van der Waals surface area contributed by atoms with Crippen molar-refractivity contribution >= 4 is 55.8 Å². The number of hydrogen-bond donors (Lipinski definition) is 1. The highest BCUT2D eigenvalue weighted by Crippen LogP contribution is 2.37. The molecule has 1 aliphatic heterocycles. The summed E-state index contributed by atoms with van der Waals surface area (Å²) in [6, 6.07) is 12.7. The Hall–Kier alpha value is -3.38. The van der Waals surface area contributed by atoms with Gasteiger partial charge in [-0.2, -0.15) is 0 Å². The summed E-state index contributed by atoms with van der Waals surface area (Å²) in [5.41, 5.74) is -0.0893. The molecule has 0 aliphatic carbocycles. The second-order valence-electron chi connectivity index (χ2n) is 11.1. The first kappa shape index (κ1) is 30.1. The van der Waals surface area contributed by atoms with E-state index >= 15 is 0 Å². The number of fused-ring (bicyclic) bond motifs is 1. The zero-order valence-electron chi connectivity index (χ0n) is 23.2. The minimum Gasteiger partial charge on any atom is -0.480 e. The Labute approximate surface area is 253 Å². The molecule has 1 unspecified atom stereocenters. The minimum atomic E-state index is -4.42. The van der Waals surface area contributed by atoms with E-state index in [1.54, 1.807) is 67.9 Å². The van der Waals surface area contributed by atoms with Crippen LogP contribution in [0.1, 0.15) is 33.6 Å². The summed E-state index contributed by atoms with van der Waals surface area (Å²) in [4.78, 5) is 12.4. The Morgan fingerprint density at radius 3 is 2.33 bits per heavy atom. The van der Waals surface area contributed by atoms with Gasteiger partial charge in [-0.1, -0.05) is 44.0 Å². The number of benzene rings is 2. The molecule has 0 amide bonds. The molecule has 13 heteroatoms. The van der Waals surface area contributed by atoms with Crippen LogP contribution in [0, 0.1) is 5.41 Å². The molecule has 1 N–H and O–H groups in total. The van der Waals surface area contributed by atoms with Crippen molar-refractivity contribution in [1.82, 2.24) is 14.8 Å². The fourth-order valence-electron chi connectivity index (χ4n) is 4.98. The molecule has 1 aliphatic rings. The van der Waals surface area contributed by atoms with Gasteiger partial charge < -0.3 is 14.6 Å². The highest BCUT2D eigenvalue weighted by molar-refractivity contribution is 7.93. The molecule has 1 atom stereocenters. The van der Waals surface area contributed by atoms with Gasteiger partial charge in [0.2, 0.25) is 5.88 Å². The average Bonchev–Trinajstić information content (AvgIpc) is 3.34. The quantitative estimate of drug-likeness (QED) is 0.252. The van der Waals surface area contributed by atoms with Crippen LogP contribution in [-0.4, -0.2) is 59.6 Å². The standard InChI is InChI=1S/C29H30Cl2N4O6S/c1-29(2,3)27(28(36)37)35(42(38,39)23-16-19(30)15-20(31)17-23)21-4-5-24-18(14-21)8-11-34(24)25-6-7-26(33-32-25)41-22-9-12-40-13-10-22/h4-8,11,14-17,22,27H,9-10,12-13H2,1-3H3,(H,36,37). The number of aliphatic carboxylic acids is 1. The molecular weight excluding hydrogens is 603 g/mol. The van der Waals surface area contributed by atoms with E-state index in [2.05, 4.69) is 10.2 Å². The molecule has 1 saturated heterocycles. The number of carbonyl (C=O) groups is 1. The van der Waals surface area contributed by atoms with Crippen molar-refractivity contribution in [2.75, 3.05) is 17.5 Å². The van der Waals surface area contributed by atoms with Crippen LogP contribution in [0.4, 0.5) is 5.69 Å². The van der Waals surface area contributed by atoms with Gasteiger partial charge in [-0.05, 0) is 53.9 Å². The third-order valence-corrected chi connectivity index (χ3v) is 9.15. The van der Waals surface area contributed by atoms with E-state index in [0.717, 1.165) is 22.7 Å². The molecule has 0 saturated carbocycles. The maximum Gasteiger partial charge on any atom is 0.328 e. The highest BCUT2D eigenvalue weighted by Gasteiger charge is 2.43. The normalized spacial score (nSPS) is 15.5. The van der Waals surface area contributed by atoms with Gasteiger partial charge in [-0.15, -0.1) is 10.2 Å². The monoisotopic (exact) mass is 632 g/mol. The van der Waals surface area contributed by atoms with Crippen molar-refractivity contribution in [2.24, 2.45) is 5.41 Å². The number of sulfonamides is 1. The molecule has 0 spiro atoms. The Balaban J connectivity index is 1.54. The third kappa shape index (κ3) is 6.19. The second kappa shape index (κ2) is 11.7. The topological polar surface area (TPSA) is 124 Å². The molecular formula is C29H30Cl2N4O6S. The Morgan fingerprint density at radius 1 is 1.05 bits per heavy atom. The van der Waals surface area contributed by atoms with Crippen LogP contribution in [0.5, 0.6) is 5.88 Å². The number of nitrogens with zero attached hydrogens (tertiary/aromatic N) is 4. The maximum absolute atomic E-state index is 14.1. The molecule has 5 rings (SSSR count). The van der Waals surface area contributed by atoms with Crippen LogP contribution < -0.4 is 9.04 Å². The number of ether oxygens (including phenoxy) is 2. The lowest BCUT2D eigenvalue weighted by Gasteiger charge is -2.37. The van der Waals surface area contributed by atoms with Gasteiger partial charge in [0.05, 0.1) is 29.3 Å². The van der Waals surface area contributed by atoms with Crippen LogP contribution in [0.2, 0.25) is 10.0 Å². The number of carboxylic acids is 1. The SMILES string of the molecule is CC(C)(C)C(C(=O)O)N(c1ccc2c(ccn2-c2ccc(OC3CCOCC3)nn2)c1)S(=O)(=O)c1cc(Cl)cc(Cl)c1. The number of carboxylic acid groups (broad SMARTS) is 1. The van der Waals surface area contributed by atoms with E-state index in [0.29, 0.717) is 30.3 Å². The average molecular weight is 634 g/mol. The lowest BCUT2D eigenvalue weighted by molar-refractivity contribution is -0.140. The van der Waals surface area contributed by atoms with Crippen LogP contribution in [0.3, 0.4) is 0 Å². The zero-order valence-corrected chi connectivity index (χ0v) is 25.5. The summed E-state index contributed by atoms with van der Waals surface area (Å²) >= 11 is 12.3. The molecule has 222 valence electrons. The highest BCUT2D eigenvalue weighted by atomic mass is 35.5. The fraction of sp³-hybridized carbons (Fsp3) is 0.345. The summed E-state index contributed by atoms with van der Waals surface area (Å²) in [6.07, 6.45) is 3.41. The zero-order chi connectivity index (χ0) is 30.2. The third-order valence-electron chi connectivity index (χ3n) is 6.94. The molecule has 2 aromatic heterocycles. The molecule has 1 fully saturated rings. The van der Waals surface area contributed by atoms with E-state index in [9.17, 15) is 18.3 Å². The van der Waals surface area contributed by atoms with E-state index in [1.807, 2.05) is 0 Å². The van der Waals surface area contributed by atoms with Crippen molar-refractivity contribution in [3.63, 3.8) is 0 Å². The first-order chi connectivity index (χ1) is 19.8. The van der Waals surface area contributed by atoms with Gasteiger partial charge in [0.25, 0.3) is 10.0 Å². The first-order valence-electron chi connectivity index (χ1n) is 13.3. The van der Waals surface area contributed by atoms with Crippen molar-refractivity contribution < 1.29 is 27.8 Å². The minimum absolute atomic E-state index is 0.0367. The molecule has 3 heterocycles. The number of aromatic nitrogens is 3. The molecule has 4 aromatic rings. The molecule has 0 bridgehead atoms. The summed E-state index contributed by atoms with van der Waals surface area (Å²) in [7, 11) is -4.42. The molecule has 2 aromatic carbocycles. The predicted molar refractivity (Wildman–Crippen MR) is 160 cm³/mol. The van der Waals surface area contributed by atoms with Crippen molar-refractivity contribution in [3.05, 3.63) is 70.8 Å². The van der Waals surface area contributed by atoms with Gasteiger partial charge in [0.15, 0.2) is 5.82 Å². The van der Waals surface area contributed by atoms with E-state index in [4.69, 9.17) is 32.7 Å². The number of rotatable bonds is 8. The summed E-state index contributed by atoms with van der Waals surface area (Å²) in [5, 5.41) is 19.7. The van der Waals surface area contributed by atoms with Crippen molar-refractivity contribution in [3.8, 4) is 11.7 Å². The van der Waals surface area contributed by atoms with Gasteiger partial charge in [0, 0.05) is 40.5 Å². The van der Waals surface area contributed by atoms with Gasteiger partial charge >= 0.3 is 5.97 Å². The van der Waals surface area contributed by atoms with Gasteiger partial charge in [-0.3, -0.25) is 8.87 Å². The van der Waals surface area contributed by atoms with Crippen molar-refractivity contribution in [2.45, 2.75) is 50.7 Å².